The molecule has 15 heavy (non-hydrogen) atoms. The van der Waals surface area contributed by atoms with Crippen LogP contribution in [0.15, 0.2) is 22.7 Å². The maximum Gasteiger partial charge on any atom is 0.172 e. The number of hydrogen-bond donors (Lipinski definition) is 2. The fraction of sp³-hybridized carbons (Fsp3) is 0.273. The van der Waals surface area contributed by atoms with E-state index in [0.717, 1.165) is 12.1 Å². The summed E-state index contributed by atoms with van der Waals surface area (Å²) in [4.78, 5) is 0. The lowest BCUT2D eigenvalue weighted by atomic mass is 10.2. The molecule has 0 atom stereocenters. The van der Waals surface area contributed by atoms with Crippen molar-refractivity contribution in [3.63, 3.8) is 0 Å². The molecule has 1 aromatic rings. The van der Waals surface area contributed by atoms with Crippen LogP contribution in [0, 0.1) is 0 Å². The summed E-state index contributed by atoms with van der Waals surface area (Å²) in [7, 11) is 3.42. The number of phenolic OH excluding ortho intramolecular Hbond substituents is 1. The second-order valence-corrected chi connectivity index (χ2v) is 3.87. The molecule has 3 nitrogen and oxygen atoms in total. The Morgan fingerprint density at radius 3 is 2.87 bits per heavy atom. The predicted molar refractivity (Wildman–Crippen MR) is 65.3 cm³/mol. The molecule has 82 valence electrons. The highest BCUT2D eigenvalue weighted by molar-refractivity contribution is 9.10. The summed E-state index contributed by atoms with van der Waals surface area (Å²) in [5, 5.41) is 12.6. The molecule has 0 spiro atoms. The minimum atomic E-state index is 0.128. The topological polar surface area (TPSA) is 41.5 Å². The van der Waals surface area contributed by atoms with Gasteiger partial charge < -0.3 is 15.2 Å². The summed E-state index contributed by atoms with van der Waals surface area (Å²) in [6, 6.07) is 3.62. The number of nitrogens with one attached hydrogen (secondary N) is 1. The van der Waals surface area contributed by atoms with Crippen molar-refractivity contribution >= 4 is 22.0 Å². The Hall–Kier alpha value is -1.00. The molecule has 2 N–H and O–H groups in total. The molecule has 0 amide bonds. The highest BCUT2D eigenvalue weighted by Crippen LogP contribution is 2.35. The summed E-state index contributed by atoms with van der Waals surface area (Å²) in [6.07, 6.45) is 3.96. The van der Waals surface area contributed by atoms with Crippen molar-refractivity contribution in [2.45, 2.75) is 0 Å². The van der Waals surface area contributed by atoms with Crippen LogP contribution in [0.1, 0.15) is 5.56 Å². The highest BCUT2D eigenvalue weighted by Gasteiger charge is 2.06. The number of methoxy groups -OCH3 is 1. The number of hydrogen-bond acceptors (Lipinski definition) is 3. The fourth-order valence-corrected chi connectivity index (χ4v) is 1.62. The van der Waals surface area contributed by atoms with E-state index in [1.807, 2.05) is 25.3 Å². The van der Waals surface area contributed by atoms with E-state index in [2.05, 4.69) is 21.2 Å². The molecule has 1 aromatic carbocycles. The van der Waals surface area contributed by atoms with Crippen LogP contribution in [0.3, 0.4) is 0 Å². The number of ether oxygens (including phenoxy) is 1. The Labute approximate surface area is 97.9 Å². The predicted octanol–water partition coefficient (Wildman–Crippen LogP) is 2.40. The van der Waals surface area contributed by atoms with Crippen molar-refractivity contribution in [3.8, 4) is 11.5 Å². The molecule has 0 saturated heterocycles. The van der Waals surface area contributed by atoms with Gasteiger partial charge in [0.15, 0.2) is 11.5 Å². The van der Waals surface area contributed by atoms with Gasteiger partial charge in [-0.3, -0.25) is 0 Å². The van der Waals surface area contributed by atoms with E-state index in [1.54, 1.807) is 6.07 Å². The van der Waals surface area contributed by atoms with Crippen LogP contribution >= 0.6 is 15.9 Å². The molecular formula is C11H14BrNO2. The van der Waals surface area contributed by atoms with E-state index in [-0.39, 0.29) is 5.75 Å². The molecule has 4 heteroatoms. The zero-order chi connectivity index (χ0) is 11.3. The van der Waals surface area contributed by atoms with Crippen molar-refractivity contribution in [1.82, 2.24) is 5.32 Å². The zero-order valence-electron chi connectivity index (χ0n) is 8.75. The normalized spacial score (nSPS) is 10.9. The number of phenols is 1. The Morgan fingerprint density at radius 1 is 1.53 bits per heavy atom. The lowest BCUT2D eigenvalue weighted by molar-refractivity contribution is 0.372. The molecule has 0 heterocycles. The molecule has 0 unspecified atom stereocenters. The van der Waals surface area contributed by atoms with E-state index in [4.69, 9.17) is 4.74 Å². The maximum atomic E-state index is 9.59. The van der Waals surface area contributed by atoms with Gasteiger partial charge >= 0.3 is 0 Å². The van der Waals surface area contributed by atoms with Crippen molar-refractivity contribution < 1.29 is 9.84 Å². The second kappa shape index (κ2) is 5.78. The van der Waals surface area contributed by atoms with Crippen LogP contribution in [0.4, 0.5) is 0 Å². The van der Waals surface area contributed by atoms with E-state index >= 15 is 0 Å². The average molecular weight is 272 g/mol. The number of likely N-dealkylation sites (N-methyl/N-ethyl adjacent to an activating group) is 1. The van der Waals surface area contributed by atoms with Gasteiger partial charge in [0.2, 0.25) is 0 Å². The van der Waals surface area contributed by atoms with Crippen LogP contribution in [-0.4, -0.2) is 25.8 Å². The highest BCUT2D eigenvalue weighted by atomic mass is 79.9. The van der Waals surface area contributed by atoms with E-state index in [0.29, 0.717) is 10.2 Å². The van der Waals surface area contributed by atoms with Crippen molar-refractivity contribution in [2.24, 2.45) is 0 Å². The first-order valence-corrected chi connectivity index (χ1v) is 5.36. The molecular weight excluding hydrogens is 258 g/mol. The van der Waals surface area contributed by atoms with Gasteiger partial charge in [0.1, 0.15) is 0 Å². The first-order chi connectivity index (χ1) is 7.19. The Balaban J connectivity index is 2.95. The molecule has 0 bridgehead atoms. The van der Waals surface area contributed by atoms with Crippen LogP contribution < -0.4 is 10.1 Å². The summed E-state index contributed by atoms with van der Waals surface area (Å²) < 4.78 is 5.67. The number of aromatic hydroxyl groups is 1. The minimum Gasteiger partial charge on any atom is -0.503 e. The quantitative estimate of drug-likeness (QED) is 0.884. The summed E-state index contributed by atoms with van der Waals surface area (Å²) in [5.41, 5.74) is 0.978. The Kier molecular flexibility index (Phi) is 4.65. The first-order valence-electron chi connectivity index (χ1n) is 4.56. The zero-order valence-corrected chi connectivity index (χ0v) is 10.3. The standard InChI is InChI=1S/C11H14BrNO2/c1-13-5-3-4-8-6-9(12)11(14)10(7-8)15-2/h3-4,6-7,13-14H,5H2,1-2H3. The van der Waals surface area contributed by atoms with Gasteiger partial charge in [0, 0.05) is 6.54 Å². The Bertz CT molecular complexity index is 364. The third-order valence-electron chi connectivity index (χ3n) is 1.90. The number of halogens is 1. The van der Waals surface area contributed by atoms with Gasteiger partial charge in [0.25, 0.3) is 0 Å². The van der Waals surface area contributed by atoms with Crippen molar-refractivity contribution in [2.75, 3.05) is 20.7 Å². The first kappa shape index (κ1) is 12.1. The van der Waals surface area contributed by atoms with Gasteiger partial charge in [-0.2, -0.15) is 0 Å². The fourth-order valence-electron chi connectivity index (χ4n) is 1.16. The average Bonchev–Trinajstić information content (AvgIpc) is 2.23. The molecule has 0 radical (unpaired) electrons. The largest absolute Gasteiger partial charge is 0.503 e. The lowest BCUT2D eigenvalue weighted by Crippen LogP contribution is -2.03. The number of benzene rings is 1. The third kappa shape index (κ3) is 3.25. The number of rotatable bonds is 4. The second-order valence-electron chi connectivity index (χ2n) is 3.01. The monoisotopic (exact) mass is 271 g/mol. The summed E-state index contributed by atoms with van der Waals surface area (Å²) >= 11 is 3.27. The molecule has 0 aromatic heterocycles. The van der Waals surface area contributed by atoms with E-state index in [9.17, 15) is 5.11 Å². The van der Waals surface area contributed by atoms with Crippen molar-refractivity contribution in [3.05, 3.63) is 28.2 Å². The molecule has 0 aliphatic carbocycles. The Morgan fingerprint density at radius 2 is 2.27 bits per heavy atom. The van der Waals surface area contributed by atoms with Crippen LogP contribution in [0.5, 0.6) is 11.5 Å². The van der Waals surface area contributed by atoms with Crippen LogP contribution in [0.25, 0.3) is 6.08 Å². The van der Waals surface area contributed by atoms with Crippen LogP contribution in [-0.2, 0) is 0 Å². The van der Waals surface area contributed by atoms with Gasteiger partial charge in [-0.15, -0.1) is 0 Å². The maximum absolute atomic E-state index is 9.59. The molecule has 1 rings (SSSR count). The van der Waals surface area contributed by atoms with E-state index in [1.165, 1.54) is 7.11 Å². The van der Waals surface area contributed by atoms with Gasteiger partial charge in [-0.05, 0) is 40.7 Å². The molecule has 0 fully saturated rings. The van der Waals surface area contributed by atoms with Crippen molar-refractivity contribution in [1.29, 1.82) is 0 Å². The van der Waals surface area contributed by atoms with E-state index < -0.39 is 0 Å². The molecule has 0 saturated carbocycles. The van der Waals surface area contributed by atoms with Gasteiger partial charge in [-0.25, -0.2) is 0 Å². The smallest absolute Gasteiger partial charge is 0.172 e. The molecule has 0 aliphatic heterocycles. The summed E-state index contributed by atoms with van der Waals surface area (Å²) in [6.45, 7) is 0.806. The van der Waals surface area contributed by atoms with Gasteiger partial charge in [-0.1, -0.05) is 12.2 Å². The minimum absolute atomic E-state index is 0.128. The molecule has 0 aliphatic rings. The van der Waals surface area contributed by atoms with Gasteiger partial charge in [0.05, 0.1) is 11.6 Å². The lowest BCUT2D eigenvalue weighted by Gasteiger charge is -2.06. The SMILES string of the molecule is CNCC=Cc1cc(Br)c(O)c(OC)c1. The third-order valence-corrected chi connectivity index (χ3v) is 2.51. The summed E-state index contributed by atoms with van der Waals surface area (Å²) in [5.74, 6) is 0.594. The van der Waals surface area contributed by atoms with Crippen LogP contribution in [0.2, 0.25) is 0 Å².